The Kier molecular flexibility index (Phi) is 10.3. The highest BCUT2D eigenvalue weighted by atomic mass is 16.6. The number of hydrogen-bond acceptors (Lipinski definition) is 8. The zero-order valence-corrected chi connectivity index (χ0v) is 21.5. The van der Waals surface area contributed by atoms with Gasteiger partial charge in [0.1, 0.15) is 6.10 Å². The predicted octanol–water partition coefficient (Wildman–Crippen LogP) is 4.24. The monoisotopic (exact) mass is 499 g/mol. The minimum atomic E-state index is -0.834. The van der Waals surface area contributed by atoms with E-state index in [-0.39, 0.29) is 42.2 Å². The third kappa shape index (κ3) is 7.51. The van der Waals surface area contributed by atoms with E-state index in [1.807, 2.05) is 25.1 Å². The molecule has 1 aliphatic rings. The Labute approximate surface area is 212 Å². The molecule has 0 aliphatic carbocycles. The molecule has 2 aromatic rings. The molecule has 0 spiro atoms. The molecule has 0 amide bonds. The first kappa shape index (κ1) is 27.6. The summed E-state index contributed by atoms with van der Waals surface area (Å²) in [6.07, 6.45) is 1.89. The van der Waals surface area contributed by atoms with Gasteiger partial charge in [0, 0.05) is 31.2 Å². The van der Waals surface area contributed by atoms with Crippen LogP contribution in [0.2, 0.25) is 0 Å². The third-order valence-corrected chi connectivity index (χ3v) is 6.36. The maximum atomic E-state index is 13.1. The van der Waals surface area contributed by atoms with Gasteiger partial charge in [0.2, 0.25) is 0 Å². The molecule has 0 unspecified atom stereocenters. The molecule has 1 saturated heterocycles. The first-order chi connectivity index (χ1) is 17.3. The summed E-state index contributed by atoms with van der Waals surface area (Å²) in [6.45, 7) is 7.03. The van der Waals surface area contributed by atoms with Crippen LogP contribution in [-0.2, 0) is 25.4 Å². The van der Waals surface area contributed by atoms with Crippen molar-refractivity contribution in [2.24, 2.45) is 17.8 Å². The van der Waals surface area contributed by atoms with Crippen LogP contribution in [0.15, 0.2) is 42.6 Å². The molecule has 1 aromatic carbocycles. The van der Waals surface area contributed by atoms with Crippen molar-refractivity contribution in [1.82, 2.24) is 4.98 Å². The molecule has 1 aliphatic heterocycles. The highest BCUT2D eigenvalue weighted by Gasteiger charge is 2.36. The lowest BCUT2D eigenvalue weighted by molar-refractivity contribution is -0.162. The van der Waals surface area contributed by atoms with Crippen LogP contribution in [0.1, 0.15) is 49.7 Å². The number of ether oxygens (including phenoxy) is 4. The SMILES string of the molecule is COc1ccnc(C(=O)C[C@H]2COC[C@H](Cc3ccccc3)[C@@H](OCCC(C)C)[C@H](C)OC2=O)c1O. The number of aromatic hydroxyl groups is 1. The van der Waals surface area contributed by atoms with E-state index in [4.69, 9.17) is 18.9 Å². The van der Waals surface area contributed by atoms with Crippen LogP contribution in [0.4, 0.5) is 0 Å². The standard InChI is InChI=1S/C28H37NO7/c1-18(2)11-13-35-27-19(3)36-28(32)22(15-23(30)25-26(31)24(33-4)10-12-29-25)17-34-16-21(27)14-20-8-6-5-7-9-20/h5-10,12,18-19,21-22,27,31H,11,13-17H2,1-4H3/t19-,21-,22-,27-/m0/s1. The summed E-state index contributed by atoms with van der Waals surface area (Å²) in [7, 11) is 1.39. The Morgan fingerprint density at radius 3 is 2.64 bits per heavy atom. The van der Waals surface area contributed by atoms with Crippen molar-refractivity contribution in [1.29, 1.82) is 0 Å². The van der Waals surface area contributed by atoms with Gasteiger partial charge in [0.05, 0.1) is 32.3 Å². The largest absolute Gasteiger partial charge is 0.503 e. The predicted molar refractivity (Wildman–Crippen MR) is 134 cm³/mol. The van der Waals surface area contributed by atoms with Gasteiger partial charge in [-0.2, -0.15) is 0 Å². The summed E-state index contributed by atoms with van der Waals surface area (Å²) >= 11 is 0. The third-order valence-electron chi connectivity index (χ3n) is 6.36. The summed E-state index contributed by atoms with van der Waals surface area (Å²) in [4.78, 5) is 30.0. The fourth-order valence-electron chi connectivity index (χ4n) is 4.33. The van der Waals surface area contributed by atoms with Crippen molar-refractivity contribution in [2.75, 3.05) is 26.9 Å². The number of aromatic nitrogens is 1. The summed E-state index contributed by atoms with van der Waals surface area (Å²) in [6, 6.07) is 11.5. The molecule has 3 rings (SSSR count). The zero-order chi connectivity index (χ0) is 26.1. The van der Waals surface area contributed by atoms with Gasteiger partial charge in [-0.05, 0) is 31.2 Å². The van der Waals surface area contributed by atoms with E-state index in [1.54, 1.807) is 0 Å². The maximum Gasteiger partial charge on any atom is 0.312 e. The lowest BCUT2D eigenvalue weighted by Gasteiger charge is -2.31. The number of esters is 1. The van der Waals surface area contributed by atoms with Gasteiger partial charge in [-0.15, -0.1) is 0 Å². The number of carbonyl (C=O) groups excluding carboxylic acids is 2. The number of methoxy groups -OCH3 is 1. The van der Waals surface area contributed by atoms with Gasteiger partial charge in [0.25, 0.3) is 0 Å². The number of Topliss-reactive ketones (excluding diaryl/α,β-unsaturated/α-hetero) is 1. The summed E-state index contributed by atoms with van der Waals surface area (Å²) in [5, 5.41) is 10.3. The number of rotatable bonds is 10. The van der Waals surface area contributed by atoms with Crippen LogP contribution in [0.3, 0.4) is 0 Å². The molecule has 0 bridgehead atoms. The Balaban J connectivity index is 1.76. The van der Waals surface area contributed by atoms with Gasteiger partial charge in [0.15, 0.2) is 23.0 Å². The fraction of sp³-hybridized carbons (Fsp3) is 0.536. The van der Waals surface area contributed by atoms with Gasteiger partial charge < -0.3 is 24.1 Å². The van der Waals surface area contributed by atoms with Crippen molar-refractivity contribution in [3.8, 4) is 11.5 Å². The number of nitrogens with zero attached hydrogens (tertiary/aromatic N) is 1. The quantitative estimate of drug-likeness (QED) is 0.382. The van der Waals surface area contributed by atoms with Crippen LogP contribution >= 0.6 is 0 Å². The number of benzene rings is 1. The van der Waals surface area contributed by atoms with Crippen molar-refractivity contribution >= 4 is 11.8 Å². The molecule has 4 atom stereocenters. The van der Waals surface area contributed by atoms with E-state index in [1.165, 1.54) is 19.4 Å². The smallest absolute Gasteiger partial charge is 0.312 e. The summed E-state index contributed by atoms with van der Waals surface area (Å²) in [5.74, 6) is -1.62. The molecule has 1 N–H and O–H groups in total. The van der Waals surface area contributed by atoms with Crippen molar-refractivity contribution in [2.45, 2.75) is 52.2 Å². The van der Waals surface area contributed by atoms with Crippen molar-refractivity contribution in [3.63, 3.8) is 0 Å². The van der Waals surface area contributed by atoms with Crippen LogP contribution < -0.4 is 4.74 Å². The second-order valence-corrected chi connectivity index (χ2v) is 9.68. The molecule has 196 valence electrons. The Bertz CT molecular complexity index is 995. The van der Waals surface area contributed by atoms with E-state index < -0.39 is 23.8 Å². The number of ketones is 1. The van der Waals surface area contributed by atoms with Crippen LogP contribution in [0.25, 0.3) is 0 Å². The molecule has 36 heavy (non-hydrogen) atoms. The minimum Gasteiger partial charge on any atom is -0.503 e. The lowest BCUT2D eigenvalue weighted by Crippen LogP contribution is -2.40. The fourth-order valence-corrected chi connectivity index (χ4v) is 4.33. The Morgan fingerprint density at radius 2 is 1.94 bits per heavy atom. The van der Waals surface area contributed by atoms with Crippen LogP contribution in [0.5, 0.6) is 11.5 Å². The lowest BCUT2D eigenvalue weighted by atomic mass is 9.91. The molecule has 2 heterocycles. The van der Waals surface area contributed by atoms with Crippen LogP contribution in [0, 0.1) is 17.8 Å². The van der Waals surface area contributed by atoms with Crippen LogP contribution in [-0.4, -0.2) is 61.0 Å². The van der Waals surface area contributed by atoms with Gasteiger partial charge in [-0.1, -0.05) is 44.2 Å². The molecular weight excluding hydrogens is 462 g/mol. The van der Waals surface area contributed by atoms with Gasteiger partial charge in [-0.3, -0.25) is 9.59 Å². The van der Waals surface area contributed by atoms with Crippen molar-refractivity contribution in [3.05, 3.63) is 53.9 Å². The highest BCUT2D eigenvalue weighted by Crippen LogP contribution is 2.30. The second-order valence-electron chi connectivity index (χ2n) is 9.68. The molecule has 8 nitrogen and oxygen atoms in total. The first-order valence-electron chi connectivity index (χ1n) is 12.5. The van der Waals surface area contributed by atoms with E-state index in [0.29, 0.717) is 25.6 Å². The number of carbonyl (C=O) groups is 2. The highest BCUT2D eigenvalue weighted by molar-refractivity contribution is 5.99. The van der Waals surface area contributed by atoms with Crippen molar-refractivity contribution < 1.29 is 33.6 Å². The molecule has 1 fully saturated rings. The van der Waals surface area contributed by atoms with E-state index >= 15 is 0 Å². The molecule has 0 radical (unpaired) electrons. The number of hydrogen-bond donors (Lipinski definition) is 1. The molecule has 0 saturated carbocycles. The first-order valence-corrected chi connectivity index (χ1v) is 12.5. The minimum absolute atomic E-state index is 0.0199. The summed E-state index contributed by atoms with van der Waals surface area (Å²) in [5.41, 5.74) is 1.000. The summed E-state index contributed by atoms with van der Waals surface area (Å²) < 4.78 is 23.2. The maximum absolute atomic E-state index is 13.1. The second kappa shape index (κ2) is 13.4. The molecular formula is C28H37NO7. The van der Waals surface area contributed by atoms with E-state index in [0.717, 1.165) is 12.0 Å². The Hall–Kier alpha value is -2.97. The zero-order valence-electron chi connectivity index (χ0n) is 21.5. The number of pyridine rings is 1. The number of cyclic esters (lactones) is 1. The normalized spacial score (nSPS) is 22.9. The molecule has 1 aromatic heterocycles. The van der Waals surface area contributed by atoms with E-state index in [2.05, 4.69) is 31.0 Å². The molecule has 8 heteroatoms. The average Bonchev–Trinajstić information content (AvgIpc) is 2.90. The average molecular weight is 500 g/mol. The Morgan fingerprint density at radius 1 is 1.19 bits per heavy atom. The van der Waals surface area contributed by atoms with Gasteiger partial charge in [-0.25, -0.2) is 4.98 Å². The van der Waals surface area contributed by atoms with E-state index in [9.17, 15) is 14.7 Å². The topological polar surface area (TPSA) is 104 Å². The van der Waals surface area contributed by atoms with Gasteiger partial charge >= 0.3 is 5.97 Å².